The average Bonchev–Trinajstić information content (AvgIpc) is 3.49. The second-order valence-electron chi connectivity index (χ2n) is 8.33. The van der Waals surface area contributed by atoms with Gasteiger partial charge in [0.05, 0.1) is 0 Å². The fourth-order valence-corrected chi connectivity index (χ4v) is 3.41. The Labute approximate surface area is 167 Å². The molecule has 28 heavy (non-hydrogen) atoms. The Morgan fingerprint density at radius 3 is 2.07 bits per heavy atom. The fraction of sp³-hybridized carbons (Fsp3) is 0.417. The second-order valence-corrected chi connectivity index (χ2v) is 8.33. The Balaban J connectivity index is 1.73. The molecule has 0 heterocycles. The van der Waals surface area contributed by atoms with Crippen LogP contribution < -0.4 is 5.32 Å². The van der Waals surface area contributed by atoms with Crippen LogP contribution in [0.15, 0.2) is 54.6 Å². The van der Waals surface area contributed by atoms with Crippen LogP contribution in [0.3, 0.4) is 0 Å². The largest absolute Gasteiger partial charge is 0.335 e. The molecule has 1 fully saturated rings. The fourth-order valence-electron chi connectivity index (χ4n) is 3.41. The lowest BCUT2D eigenvalue weighted by molar-refractivity contribution is -0.144. The minimum Gasteiger partial charge on any atom is -0.335 e. The molecule has 4 nitrogen and oxygen atoms in total. The summed E-state index contributed by atoms with van der Waals surface area (Å²) in [4.78, 5) is 28.1. The van der Waals surface area contributed by atoms with Crippen molar-refractivity contribution >= 4 is 17.5 Å². The van der Waals surface area contributed by atoms with Crippen LogP contribution in [0.5, 0.6) is 0 Å². The van der Waals surface area contributed by atoms with Crippen molar-refractivity contribution in [2.24, 2.45) is 5.41 Å². The van der Waals surface area contributed by atoms with Crippen LogP contribution in [-0.2, 0) is 16.1 Å². The number of nitrogens with one attached hydrogen (secondary N) is 1. The molecule has 2 aromatic rings. The molecular weight excluding hydrogens is 348 g/mol. The molecule has 1 saturated carbocycles. The number of amides is 2. The van der Waals surface area contributed by atoms with Crippen LogP contribution in [0.2, 0.25) is 0 Å². The van der Waals surface area contributed by atoms with Crippen molar-refractivity contribution in [3.05, 3.63) is 65.7 Å². The molecule has 1 aliphatic carbocycles. The highest BCUT2D eigenvalue weighted by Crippen LogP contribution is 2.48. The van der Waals surface area contributed by atoms with Crippen molar-refractivity contribution in [2.75, 3.05) is 5.32 Å². The van der Waals surface area contributed by atoms with Gasteiger partial charge in [-0.25, -0.2) is 0 Å². The molecule has 2 amide bonds. The van der Waals surface area contributed by atoms with Gasteiger partial charge in [0.15, 0.2) is 0 Å². The van der Waals surface area contributed by atoms with Gasteiger partial charge in [0, 0.05) is 18.3 Å². The standard InChI is InChI=1S/C24H30N2O2/c1-17(2)20-10-12-21(13-11-20)25-22(27)24(14-15-24)23(28)26(18(3)4)16-19-8-6-5-7-9-19/h5-13,17-18H,14-16H2,1-4H3,(H,25,27). The predicted octanol–water partition coefficient (Wildman–Crippen LogP) is 4.97. The number of benzene rings is 2. The molecule has 148 valence electrons. The van der Waals surface area contributed by atoms with Gasteiger partial charge in [-0.2, -0.15) is 0 Å². The first-order chi connectivity index (χ1) is 13.3. The van der Waals surface area contributed by atoms with Crippen molar-refractivity contribution in [2.45, 2.75) is 59.0 Å². The summed E-state index contributed by atoms with van der Waals surface area (Å²) in [5.74, 6) is 0.190. The van der Waals surface area contributed by atoms with Crippen molar-refractivity contribution in [1.82, 2.24) is 4.90 Å². The summed E-state index contributed by atoms with van der Waals surface area (Å²) in [6, 6.07) is 17.8. The Kier molecular flexibility index (Phi) is 5.87. The minimum atomic E-state index is -0.921. The molecule has 1 N–H and O–H groups in total. The monoisotopic (exact) mass is 378 g/mol. The summed E-state index contributed by atoms with van der Waals surface area (Å²) >= 11 is 0. The zero-order valence-electron chi connectivity index (χ0n) is 17.2. The molecule has 0 aromatic heterocycles. The number of carbonyl (C=O) groups excluding carboxylic acids is 2. The third-order valence-corrected chi connectivity index (χ3v) is 5.51. The first-order valence-electron chi connectivity index (χ1n) is 10.1. The maximum atomic E-state index is 13.3. The van der Waals surface area contributed by atoms with Crippen LogP contribution >= 0.6 is 0 Å². The van der Waals surface area contributed by atoms with Gasteiger partial charge in [-0.05, 0) is 55.9 Å². The van der Waals surface area contributed by atoms with E-state index in [9.17, 15) is 9.59 Å². The lowest BCUT2D eigenvalue weighted by Crippen LogP contribution is -2.45. The van der Waals surface area contributed by atoms with Gasteiger partial charge in [-0.15, -0.1) is 0 Å². The van der Waals surface area contributed by atoms with E-state index in [1.165, 1.54) is 5.56 Å². The lowest BCUT2D eigenvalue weighted by Gasteiger charge is -2.30. The number of carbonyl (C=O) groups is 2. The summed E-state index contributed by atoms with van der Waals surface area (Å²) in [5.41, 5.74) is 2.12. The molecule has 2 aromatic carbocycles. The quantitative estimate of drug-likeness (QED) is 0.692. The lowest BCUT2D eigenvalue weighted by atomic mass is 10.0. The van der Waals surface area contributed by atoms with Gasteiger partial charge in [0.2, 0.25) is 11.8 Å². The normalized spacial score (nSPS) is 14.8. The summed E-state index contributed by atoms with van der Waals surface area (Å²) < 4.78 is 0. The topological polar surface area (TPSA) is 49.4 Å². The summed E-state index contributed by atoms with van der Waals surface area (Å²) in [6.45, 7) is 8.80. The summed E-state index contributed by atoms with van der Waals surface area (Å²) in [7, 11) is 0. The summed E-state index contributed by atoms with van der Waals surface area (Å²) in [5, 5.41) is 2.96. The van der Waals surface area contributed by atoms with Gasteiger partial charge >= 0.3 is 0 Å². The van der Waals surface area contributed by atoms with Gasteiger partial charge in [0.1, 0.15) is 5.41 Å². The van der Waals surface area contributed by atoms with E-state index in [1.807, 2.05) is 73.3 Å². The molecule has 4 heteroatoms. The summed E-state index contributed by atoms with van der Waals surface area (Å²) in [6.07, 6.45) is 1.22. The highest BCUT2D eigenvalue weighted by Gasteiger charge is 2.58. The van der Waals surface area contributed by atoms with E-state index >= 15 is 0 Å². The van der Waals surface area contributed by atoms with Gasteiger partial charge in [-0.3, -0.25) is 9.59 Å². The Morgan fingerprint density at radius 1 is 0.964 bits per heavy atom. The van der Waals surface area contributed by atoms with Gasteiger partial charge < -0.3 is 10.2 Å². The van der Waals surface area contributed by atoms with Crippen molar-refractivity contribution in [3.63, 3.8) is 0 Å². The first-order valence-corrected chi connectivity index (χ1v) is 10.1. The Hall–Kier alpha value is -2.62. The molecule has 0 saturated heterocycles. The molecule has 0 radical (unpaired) electrons. The van der Waals surface area contributed by atoms with E-state index in [0.29, 0.717) is 25.3 Å². The number of nitrogens with zero attached hydrogens (tertiary/aromatic N) is 1. The number of hydrogen-bond acceptors (Lipinski definition) is 2. The van der Waals surface area contributed by atoms with Gasteiger partial charge in [-0.1, -0.05) is 56.3 Å². The zero-order chi connectivity index (χ0) is 20.3. The molecule has 0 spiro atoms. The average molecular weight is 379 g/mol. The van der Waals surface area contributed by atoms with Crippen molar-refractivity contribution in [1.29, 1.82) is 0 Å². The van der Waals surface area contributed by atoms with Crippen molar-refractivity contribution in [3.8, 4) is 0 Å². The van der Waals surface area contributed by atoms with Gasteiger partial charge in [0.25, 0.3) is 0 Å². The van der Waals surface area contributed by atoms with Crippen LogP contribution in [0.25, 0.3) is 0 Å². The molecule has 0 unspecified atom stereocenters. The number of rotatable bonds is 7. The van der Waals surface area contributed by atoms with E-state index in [2.05, 4.69) is 19.2 Å². The van der Waals surface area contributed by atoms with Crippen LogP contribution in [0, 0.1) is 5.41 Å². The predicted molar refractivity (Wildman–Crippen MR) is 113 cm³/mol. The van der Waals surface area contributed by atoms with E-state index in [0.717, 1.165) is 11.3 Å². The van der Waals surface area contributed by atoms with E-state index in [1.54, 1.807) is 0 Å². The van der Waals surface area contributed by atoms with E-state index in [-0.39, 0.29) is 17.9 Å². The zero-order valence-corrected chi connectivity index (χ0v) is 17.2. The second kappa shape index (κ2) is 8.17. The molecule has 0 aliphatic heterocycles. The highest BCUT2D eigenvalue weighted by atomic mass is 16.2. The Morgan fingerprint density at radius 2 is 1.57 bits per heavy atom. The number of anilines is 1. The SMILES string of the molecule is CC(C)c1ccc(NC(=O)C2(C(=O)N(Cc3ccccc3)C(C)C)CC2)cc1. The van der Waals surface area contributed by atoms with Crippen LogP contribution in [-0.4, -0.2) is 22.8 Å². The maximum absolute atomic E-state index is 13.3. The molecular formula is C24H30N2O2. The molecule has 3 rings (SSSR count). The minimum absolute atomic E-state index is 0.0308. The molecule has 0 atom stereocenters. The third-order valence-electron chi connectivity index (χ3n) is 5.51. The third kappa shape index (κ3) is 4.27. The first kappa shape index (κ1) is 20.1. The van der Waals surface area contributed by atoms with E-state index < -0.39 is 5.41 Å². The van der Waals surface area contributed by atoms with Crippen LogP contribution in [0.4, 0.5) is 5.69 Å². The maximum Gasteiger partial charge on any atom is 0.240 e. The van der Waals surface area contributed by atoms with Crippen molar-refractivity contribution < 1.29 is 9.59 Å². The number of hydrogen-bond donors (Lipinski definition) is 1. The van der Waals surface area contributed by atoms with E-state index in [4.69, 9.17) is 0 Å². The Bertz CT molecular complexity index is 821. The smallest absolute Gasteiger partial charge is 0.240 e. The molecule has 0 bridgehead atoms. The van der Waals surface area contributed by atoms with Crippen LogP contribution in [0.1, 0.15) is 57.6 Å². The highest BCUT2D eigenvalue weighted by molar-refractivity contribution is 6.13. The molecule has 1 aliphatic rings.